The molecule has 0 aromatic carbocycles. The summed E-state index contributed by atoms with van der Waals surface area (Å²) in [6, 6.07) is 1.97. The molecule has 1 atom stereocenters. The van der Waals surface area contributed by atoms with Gasteiger partial charge in [-0.25, -0.2) is 9.97 Å². The highest BCUT2D eigenvalue weighted by Gasteiger charge is 2.22. The second kappa shape index (κ2) is 7.01. The summed E-state index contributed by atoms with van der Waals surface area (Å²) in [5.41, 5.74) is 0.385. The first-order valence-corrected chi connectivity index (χ1v) is 7.21. The van der Waals surface area contributed by atoms with Gasteiger partial charge in [-0.05, 0) is 13.3 Å². The van der Waals surface area contributed by atoms with E-state index in [0.717, 1.165) is 12.8 Å². The maximum atomic E-state index is 12.4. The van der Waals surface area contributed by atoms with Gasteiger partial charge in [-0.15, -0.1) is 0 Å². The van der Waals surface area contributed by atoms with Crippen LogP contribution in [0.5, 0.6) is 0 Å². The van der Waals surface area contributed by atoms with Crippen molar-refractivity contribution in [3.05, 3.63) is 18.1 Å². The van der Waals surface area contributed by atoms with E-state index in [1.54, 1.807) is 15.9 Å². The van der Waals surface area contributed by atoms with E-state index in [9.17, 15) is 9.59 Å². The Morgan fingerprint density at radius 1 is 1.38 bits per heavy atom. The van der Waals surface area contributed by atoms with Crippen molar-refractivity contribution in [1.82, 2.24) is 19.8 Å². The van der Waals surface area contributed by atoms with Gasteiger partial charge in [0.25, 0.3) is 5.91 Å². The molecule has 2 amide bonds. The van der Waals surface area contributed by atoms with Gasteiger partial charge in [0.2, 0.25) is 6.41 Å². The summed E-state index contributed by atoms with van der Waals surface area (Å²) < 4.78 is 0. The predicted octanol–water partition coefficient (Wildman–Crippen LogP) is 0.601. The number of carbonyl (C=O) groups excluding carboxylic acids is 2. The zero-order chi connectivity index (χ0) is 15.2. The third-order valence-electron chi connectivity index (χ3n) is 3.64. The summed E-state index contributed by atoms with van der Waals surface area (Å²) in [7, 11) is 0. The van der Waals surface area contributed by atoms with Crippen molar-refractivity contribution in [3.63, 3.8) is 0 Å². The van der Waals surface area contributed by atoms with Crippen LogP contribution in [0, 0.1) is 0 Å². The molecular weight excluding hydrogens is 270 g/mol. The molecule has 21 heavy (non-hydrogen) atoms. The molecule has 114 valence electrons. The Morgan fingerprint density at radius 3 is 2.71 bits per heavy atom. The summed E-state index contributed by atoms with van der Waals surface area (Å²) in [6.07, 6.45) is 3.20. The molecule has 1 unspecified atom stereocenters. The van der Waals surface area contributed by atoms with Crippen molar-refractivity contribution < 1.29 is 9.59 Å². The minimum atomic E-state index is -0.116. The molecule has 1 saturated heterocycles. The number of amides is 2. The van der Waals surface area contributed by atoms with E-state index in [2.05, 4.69) is 29.1 Å². The Kier molecular flexibility index (Phi) is 5.08. The number of nitrogens with one attached hydrogen (secondary N) is 1. The van der Waals surface area contributed by atoms with Crippen molar-refractivity contribution in [1.29, 1.82) is 0 Å². The smallest absolute Gasteiger partial charge is 0.272 e. The molecule has 0 aliphatic carbocycles. The highest BCUT2D eigenvalue weighted by molar-refractivity contribution is 5.93. The minimum absolute atomic E-state index is 0.116. The standard InChI is InChI=1S/C14H21N5O2/c1-3-11(2)17-13-8-12(15-9-16-13)14(21)19-6-4-18(10-20)5-7-19/h8-11H,3-7H2,1-2H3,(H,15,16,17). The summed E-state index contributed by atoms with van der Waals surface area (Å²) in [6.45, 7) is 6.35. The topological polar surface area (TPSA) is 78.4 Å². The highest BCUT2D eigenvalue weighted by Crippen LogP contribution is 2.11. The van der Waals surface area contributed by atoms with Gasteiger partial charge in [0, 0.05) is 38.3 Å². The predicted molar refractivity (Wildman–Crippen MR) is 78.9 cm³/mol. The molecule has 0 saturated carbocycles. The highest BCUT2D eigenvalue weighted by atomic mass is 16.2. The molecule has 2 heterocycles. The second-order valence-corrected chi connectivity index (χ2v) is 5.18. The van der Waals surface area contributed by atoms with Crippen molar-refractivity contribution in [2.45, 2.75) is 26.3 Å². The summed E-state index contributed by atoms with van der Waals surface area (Å²) in [4.78, 5) is 34.7. The Balaban J connectivity index is 2.02. The molecule has 1 fully saturated rings. The number of aromatic nitrogens is 2. The Morgan fingerprint density at radius 2 is 2.10 bits per heavy atom. The Hall–Kier alpha value is -2.18. The quantitative estimate of drug-likeness (QED) is 0.804. The Labute approximate surface area is 124 Å². The number of anilines is 1. The van der Waals surface area contributed by atoms with Gasteiger partial charge >= 0.3 is 0 Å². The van der Waals surface area contributed by atoms with Crippen LogP contribution in [0.15, 0.2) is 12.4 Å². The van der Waals surface area contributed by atoms with E-state index in [1.807, 2.05) is 0 Å². The molecule has 0 bridgehead atoms. The molecule has 7 heteroatoms. The van der Waals surface area contributed by atoms with Gasteiger partial charge in [-0.2, -0.15) is 0 Å². The number of hydrogen-bond donors (Lipinski definition) is 1. The van der Waals surface area contributed by atoms with E-state index < -0.39 is 0 Å². The second-order valence-electron chi connectivity index (χ2n) is 5.18. The normalized spacial score (nSPS) is 16.5. The summed E-state index contributed by atoms with van der Waals surface area (Å²) >= 11 is 0. The van der Waals surface area contributed by atoms with Gasteiger partial charge in [0.15, 0.2) is 0 Å². The van der Waals surface area contributed by atoms with E-state index in [4.69, 9.17) is 0 Å². The number of piperazine rings is 1. The van der Waals surface area contributed by atoms with E-state index >= 15 is 0 Å². The monoisotopic (exact) mass is 291 g/mol. The van der Waals surface area contributed by atoms with Crippen LogP contribution in [-0.2, 0) is 4.79 Å². The third kappa shape index (κ3) is 3.90. The molecule has 1 aromatic rings. The van der Waals surface area contributed by atoms with Crippen molar-refractivity contribution in [2.24, 2.45) is 0 Å². The molecule has 1 aromatic heterocycles. The third-order valence-corrected chi connectivity index (χ3v) is 3.64. The number of nitrogens with zero attached hydrogens (tertiary/aromatic N) is 4. The maximum Gasteiger partial charge on any atom is 0.272 e. The molecule has 1 aliphatic rings. The van der Waals surface area contributed by atoms with Crippen LogP contribution in [-0.4, -0.2) is 64.3 Å². The molecular formula is C14H21N5O2. The van der Waals surface area contributed by atoms with Crippen LogP contribution in [0.25, 0.3) is 0 Å². The lowest BCUT2D eigenvalue weighted by molar-refractivity contribution is -0.119. The van der Waals surface area contributed by atoms with Gasteiger partial charge in [0.05, 0.1) is 0 Å². The Bertz CT molecular complexity index is 500. The molecule has 2 rings (SSSR count). The minimum Gasteiger partial charge on any atom is -0.368 e. The molecule has 0 spiro atoms. The lowest BCUT2D eigenvalue weighted by Crippen LogP contribution is -2.48. The first-order valence-electron chi connectivity index (χ1n) is 7.21. The fraction of sp³-hybridized carbons (Fsp3) is 0.571. The van der Waals surface area contributed by atoms with Crippen LogP contribution in [0.2, 0.25) is 0 Å². The van der Waals surface area contributed by atoms with Crippen molar-refractivity contribution in [2.75, 3.05) is 31.5 Å². The lowest BCUT2D eigenvalue weighted by Gasteiger charge is -2.32. The van der Waals surface area contributed by atoms with E-state index in [1.165, 1.54) is 6.33 Å². The average molecular weight is 291 g/mol. The number of rotatable bonds is 5. The zero-order valence-corrected chi connectivity index (χ0v) is 12.5. The number of carbonyl (C=O) groups is 2. The van der Waals surface area contributed by atoms with Gasteiger partial charge < -0.3 is 15.1 Å². The SMILES string of the molecule is CCC(C)Nc1cc(C(=O)N2CCN(C=O)CC2)ncn1. The first kappa shape index (κ1) is 15.2. The van der Waals surface area contributed by atoms with Crippen molar-refractivity contribution >= 4 is 18.1 Å². The average Bonchev–Trinajstić information content (AvgIpc) is 2.54. The van der Waals surface area contributed by atoms with Crippen LogP contribution < -0.4 is 5.32 Å². The van der Waals surface area contributed by atoms with Crippen LogP contribution in [0.1, 0.15) is 30.8 Å². The van der Waals surface area contributed by atoms with Crippen LogP contribution in [0.4, 0.5) is 5.82 Å². The fourth-order valence-corrected chi connectivity index (χ4v) is 2.10. The lowest BCUT2D eigenvalue weighted by atomic mass is 10.2. The summed E-state index contributed by atoms with van der Waals surface area (Å²) in [5, 5.41) is 3.23. The fourth-order valence-electron chi connectivity index (χ4n) is 2.10. The number of hydrogen-bond acceptors (Lipinski definition) is 5. The van der Waals surface area contributed by atoms with Crippen molar-refractivity contribution in [3.8, 4) is 0 Å². The largest absolute Gasteiger partial charge is 0.368 e. The molecule has 1 N–H and O–H groups in total. The van der Waals surface area contributed by atoms with Crippen LogP contribution >= 0.6 is 0 Å². The van der Waals surface area contributed by atoms with E-state index in [-0.39, 0.29) is 5.91 Å². The summed E-state index contributed by atoms with van der Waals surface area (Å²) in [5.74, 6) is 0.546. The maximum absolute atomic E-state index is 12.4. The van der Waals surface area contributed by atoms with Crippen LogP contribution in [0.3, 0.4) is 0 Å². The molecule has 7 nitrogen and oxygen atoms in total. The van der Waals surface area contributed by atoms with Gasteiger partial charge in [0.1, 0.15) is 17.8 Å². The molecule has 1 aliphatic heterocycles. The first-order chi connectivity index (χ1) is 10.1. The zero-order valence-electron chi connectivity index (χ0n) is 12.5. The van der Waals surface area contributed by atoms with E-state index in [0.29, 0.717) is 43.7 Å². The van der Waals surface area contributed by atoms with Gasteiger partial charge in [-0.1, -0.05) is 6.92 Å². The molecule has 0 radical (unpaired) electrons. The van der Waals surface area contributed by atoms with Gasteiger partial charge in [-0.3, -0.25) is 9.59 Å².